The van der Waals surface area contributed by atoms with Crippen LogP contribution in [0.25, 0.3) is 0 Å². The first-order chi connectivity index (χ1) is 6.76. The first-order valence-electron chi connectivity index (χ1n) is 5.31. The van der Waals surface area contributed by atoms with E-state index in [1.165, 1.54) is 0 Å². The Kier molecular flexibility index (Phi) is 4.53. The van der Waals surface area contributed by atoms with Gasteiger partial charge in [-0.2, -0.15) is 0 Å². The van der Waals surface area contributed by atoms with Crippen molar-refractivity contribution in [3.63, 3.8) is 0 Å². The summed E-state index contributed by atoms with van der Waals surface area (Å²) < 4.78 is 0. The van der Waals surface area contributed by atoms with E-state index in [4.69, 9.17) is 5.73 Å². The van der Waals surface area contributed by atoms with Crippen molar-refractivity contribution in [1.29, 1.82) is 0 Å². The average Bonchev–Trinajstić information content (AvgIpc) is 2.18. The van der Waals surface area contributed by atoms with Gasteiger partial charge in [-0.15, -0.1) is 0 Å². The lowest BCUT2D eigenvalue weighted by Crippen LogP contribution is -2.23. The van der Waals surface area contributed by atoms with E-state index >= 15 is 0 Å². The van der Waals surface area contributed by atoms with Crippen LogP contribution in [-0.2, 0) is 12.8 Å². The third-order valence-electron chi connectivity index (χ3n) is 2.27. The summed E-state index contributed by atoms with van der Waals surface area (Å²) in [6.45, 7) is 4.25. The van der Waals surface area contributed by atoms with Crippen molar-refractivity contribution < 1.29 is 0 Å². The SMILES string of the molecule is CCCC(N)Cc1cc(CC)ncn1. The van der Waals surface area contributed by atoms with Crippen molar-refractivity contribution in [3.05, 3.63) is 23.8 Å². The molecule has 0 aliphatic heterocycles. The number of nitrogens with two attached hydrogens (primary N) is 1. The van der Waals surface area contributed by atoms with Gasteiger partial charge in [0.25, 0.3) is 0 Å². The Morgan fingerprint density at radius 1 is 1.29 bits per heavy atom. The zero-order valence-electron chi connectivity index (χ0n) is 9.03. The van der Waals surface area contributed by atoms with Crippen molar-refractivity contribution in [3.8, 4) is 0 Å². The van der Waals surface area contributed by atoms with Crippen LogP contribution in [-0.4, -0.2) is 16.0 Å². The number of aryl methyl sites for hydroxylation is 1. The summed E-state index contributed by atoms with van der Waals surface area (Å²) in [5, 5.41) is 0. The van der Waals surface area contributed by atoms with Gasteiger partial charge >= 0.3 is 0 Å². The van der Waals surface area contributed by atoms with Crippen molar-refractivity contribution in [1.82, 2.24) is 9.97 Å². The van der Waals surface area contributed by atoms with Gasteiger partial charge in [0.05, 0.1) is 0 Å². The van der Waals surface area contributed by atoms with E-state index in [1.54, 1.807) is 6.33 Å². The molecule has 3 nitrogen and oxygen atoms in total. The topological polar surface area (TPSA) is 51.8 Å². The molecule has 0 radical (unpaired) electrons. The molecular weight excluding hydrogens is 174 g/mol. The largest absolute Gasteiger partial charge is 0.327 e. The van der Waals surface area contributed by atoms with Gasteiger partial charge in [0.2, 0.25) is 0 Å². The van der Waals surface area contributed by atoms with Crippen LogP contribution >= 0.6 is 0 Å². The first kappa shape index (κ1) is 11.1. The van der Waals surface area contributed by atoms with Crippen LogP contribution in [0.1, 0.15) is 38.1 Å². The number of hydrogen-bond donors (Lipinski definition) is 1. The van der Waals surface area contributed by atoms with Crippen LogP contribution in [0.15, 0.2) is 12.4 Å². The van der Waals surface area contributed by atoms with E-state index < -0.39 is 0 Å². The summed E-state index contributed by atoms with van der Waals surface area (Å²) in [4.78, 5) is 8.38. The fraction of sp³-hybridized carbons (Fsp3) is 0.636. The first-order valence-corrected chi connectivity index (χ1v) is 5.31. The van der Waals surface area contributed by atoms with E-state index in [2.05, 4.69) is 29.9 Å². The van der Waals surface area contributed by atoms with Crippen LogP contribution in [0.3, 0.4) is 0 Å². The fourth-order valence-electron chi connectivity index (χ4n) is 1.49. The summed E-state index contributed by atoms with van der Waals surface area (Å²) >= 11 is 0. The summed E-state index contributed by atoms with van der Waals surface area (Å²) in [6.07, 6.45) is 5.65. The quantitative estimate of drug-likeness (QED) is 0.774. The highest BCUT2D eigenvalue weighted by Crippen LogP contribution is 2.04. The Morgan fingerprint density at radius 3 is 2.64 bits per heavy atom. The predicted molar refractivity (Wildman–Crippen MR) is 58.0 cm³/mol. The van der Waals surface area contributed by atoms with Gasteiger partial charge < -0.3 is 5.73 Å². The molecule has 14 heavy (non-hydrogen) atoms. The van der Waals surface area contributed by atoms with Crippen LogP contribution in [0.2, 0.25) is 0 Å². The highest BCUT2D eigenvalue weighted by atomic mass is 14.8. The van der Waals surface area contributed by atoms with Gasteiger partial charge in [-0.1, -0.05) is 20.3 Å². The second-order valence-corrected chi connectivity index (χ2v) is 3.61. The maximum absolute atomic E-state index is 5.95. The third kappa shape index (κ3) is 3.42. The number of hydrogen-bond acceptors (Lipinski definition) is 3. The second-order valence-electron chi connectivity index (χ2n) is 3.61. The third-order valence-corrected chi connectivity index (χ3v) is 2.27. The molecule has 1 aromatic rings. The maximum Gasteiger partial charge on any atom is 0.115 e. The van der Waals surface area contributed by atoms with Crippen LogP contribution in [0.5, 0.6) is 0 Å². The Balaban J connectivity index is 2.57. The molecule has 1 rings (SSSR count). The Hall–Kier alpha value is -0.960. The molecule has 0 saturated carbocycles. The Bertz CT molecular complexity index is 273. The lowest BCUT2D eigenvalue weighted by atomic mass is 10.1. The smallest absolute Gasteiger partial charge is 0.115 e. The van der Waals surface area contributed by atoms with E-state index in [0.717, 1.165) is 37.1 Å². The minimum atomic E-state index is 0.236. The van der Waals surface area contributed by atoms with Gasteiger partial charge in [-0.05, 0) is 18.9 Å². The zero-order valence-corrected chi connectivity index (χ0v) is 9.03. The summed E-state index contributed by atoms with van der Waals surface area (Å²) in [6, 6.07) is 2.29. The molecule has 1 unspecified atom stereocenters. The van der Waals surface area contributed by atoms with Crippen LogP contribution in [0.4, 0.5) is 0 Å². The van der Waals surface area contributed by atoms with E-state index in [-0.39, 0.29) is 6.04 Å². The molecule has 1 aromatic heterocycles. The molecule has 0 aliphatic carbocycles. The fourth-order valence-corrected chi connectivity index (χ4v) is 1.49. The number of rotatable bonds is 5. The molecule has 1 heterocycles. The van der Waals surface area contributed by atoms with Gasteiger partial charge in [-0.3, -0.25) is 0 Å². The highest BCUT2D eigenvalue weighted by Gasteiger charge is 2.04. The van der Waals surface area contributed by atoms with Crippen molar-refractivity contribution >= 4 is 0 Å². The lowest BCUT2D eigenvalue weighted by molar-refractivity contribution is 0.592. The maximum atomic E-state index is 5.95. The van der Waals surface area contributed by atoms with E-state index in [9.17, 15) is 0 Å². The summed E-state index contributed by atoms with van der Waals surface area (Å²) in [7, 11) is 0. The van der Waals surface area contributed by atoms with Gasteiger partial charge in [-0.25, -0.2) is 9.97 Å². The van der Waals surface area contributed by atoms with Crippen LogP contribution < -0.4 is 5.73 Å². The molecule has 78 valence electrons. The zero-order chi connectivity index (χ0) is 10.4. The standard InChI is InChI=1S/C11H19N3/c1-3-5-9(12)6-11-7-10(4-2)13-8-14-11/h7-9H,3-6,12H2,1-2H3. The molecule has 1 atom stereocenters. The molecule has 0 saturated heterocycles. The minimum Gasteiger partial charge on any atom is -0.327 e. The molecule has 0 spiro atoms. The van der Waals surface area contributed by atoms with Gasteiger partial charge in [0, 0.05) is 23.9 Å². The van der Waals surface area contributed by atoms with Crippen molar-refractivity contribution in [2.75, 3.05) is 0 Å². The van der Waals surface area contributed by atoms with E-state index in [0.29, 0.717) is 0 Å². The Morgan fingerprint density at radius 2 is 2.00 bits per heavy atom. The molecular formula is C11H19N3. The number of aromatic nitrogens is 2. The highest BCUT2D eigenvalue weighted by molar-refractivity contribution is 5.09. The molecule has 0 bridgehead atoms. The summed E-state index contributed by atoms with van der Waals surface area (Å²) in [5.41, 5.74) is 8.11. The molecule has 0 aromatic carbocycles. The van der Waals surface area contributed by atoms with Crippen molar-refractivity contribution in [2.24, 2.45) is 5.73 Å². The number of nitrogens with zero attached hydrogens (tertiary/aromatic N) is 2. The monoisotopic (exact) mass is 193 g/mol. The van der Waals surface area contributed by atoms with Crippen molar-refractivity contribution in [2.45, 2.75) is 45.6 Å². The second kappa shape index (κ2) is 5.70. The van der Waals surface area contributed by atoms with Gasteiger partial charge in [0.15, 0.2) is 0 Å². The molecule has 3 heteroatoms. The average molecular weight is 193 g/mol. The summed E-state index contributed by atoms with van der Waals surface area (Å²) in [5.74, 6) is 0. The lowest BCUT2D eigenvalue weighted by Gasteiger charge is -2.09. The van der Waals surface area contributed by atoms with Gasteiger partial charge in [0.1, 0.15) is 6.33 Å². The predicted octanol–water partition coefficient (Wildman–Crippen LogP) is 1.71. The van der Waals surface area contributed by atoms with E-state index in [1.807, 2.05) is 0 Å². The normalized spacial score (nSPS) is 12.8. The molecule has 0 fully saturated rings. The molecule has 0 amide bonds. The van der Waals surface area contributed by atoms with Crippen LogP contribution in [0, 0.1) is 0 Å². The Labute approximate surface area is 85.8 Å². The molecule has 2 N–H and O–H groups in total. The minimum absolute atomic E-state index is 0.236. The molecule has 0 aliphatic rings.